The highest BCUT2D eigenvalue weighted by molar-refractivity contribution is 5.79. The van der Waals surface area contributed by atoms with E-state index < -0.39 is 0 Å². The van der Waals surface area contributed by atoms with E-state index in [1.165, 1.54) is 25.7 Å². The average molecular weight is 236 g/mol. The molecule has 0 saturated heterocycles. The lowest BCUT2D eigenvalue weighted by atomic mass is 9.85. The number of nitrogens with two attached hydrogens (primary N) is 1. The summed E-state index contributed by atoms with van der Waals surface area (Å²) in [6, 6.07) is 0.307. The van der Waals surface area contributed by atoms with Gasteiger partial charge < -0.3 is 11.1 Å². The average Bonchev–Trinajstić information content (AvgIpc) is 2.95. The van der Waals surface area contributed by atoms with Gasteiger partial charge in [-0.15, -0.1) is 0 Å². The van der Waals surface area contributed by atoms with E-state index in [2.05, 4.69) is 5.32 Å². The summed E-state index contributed by atoms with van der Waals surface area (Å²) < 4.78 is 0. The zero-order valence-electron chi connectivity index (χ0n) is 10.5. The normalized spacial score (nSPS) is 44.2. The Morgan fingerprint density at radius 2 is 1.82 bits per heavy atom. The summed E-state index contributed by atoms with van der Waals surface area (Å²) in [7, 11) is 0. The van der Waals surface area contributed by atoms with Crippen LogP contribution in [0.2, 0.25) is 0 Å². The van der Waals surface area contributed by atoms with Crippen LogP contribution in [0, 0.1) is 23.7 Å². The van der Waals surface area contributed by atoms with Crippen LogP contribution < -0.4 is 11.1 Å². The quantitative estimate of drug-likeness (QED) is 0.783. The monoisotopic (exact) mass is 236 g/mol. The van der Waals surface area contributed by atoms with Gasteiger partial charge >= 0.3 is 0 Å². The molecule has 3 heteroatoms. The molecule has 0 spiro atoms. The topological polar surface area (TPSA) is 55.1 Å². The molecule has 3 aliphatic rings. The first-order chi connectivity index (χ1) is 8.24. The summed E-state index contributed by atoms with van der Waals surface area (Å²) in [6.45, 7) is 0.811. The maximum Gasteiger partial charge on any atom is 0.223 e. The summed E-state index contributed by atoms with van der Waals surface area (Å²) in [5, 5.41) is 3.15. The second kappa shape index (κ2) is 4.60. The lowest BCUT2D eigenvalue weighted by Crippen LogP contribution is -2.42. The van der Waals surface area contributed by atoms with Gasteiger partial charge in [-0.3, -0.25) is 4.79 Å². The van der Waals surface area contributed by atoms with Crippen molar-refractivity contribution in [3.05, 3.63) is 0 Å². The van der Waals surface area contributed by atoms with Crippen molar-refractivity contribution in [3.63, 3.8) is 0 Å². The zero-order valence-corrected chi connectivity index (χ0v) is 10.5. The van der Waals surface area contributed by atoms with Crippen molar-refractivity contribution in [1.82, 2.24) is 5.32 Å². The number of hydrogen-bond donors (Lipinski definition) is 2. The molecule has 3 saturated carbocycles. The van der Waals surface area contributed by atoms with E-state index in [0.717, 1.165) is 37.6 Å². The first-order valence-electron chi connectivity index (χ1n) is 7.27. The summed E-state index contributed by atoms with van der Waals surface area (Å²) in [4.78, 5) is 12.0. The third-order valence-corrected chi connectivity index (χ3v) is 5.12. The number of carbonyl (C=O) groups excluding carboxylic acids is 1. The maximum atomic E-state index is 12.0. The zero-order chi connectivity index (χ0) is 11.8. The third-order valence-electron chi connectivity index (χ3n) is 5.12. The standard InChI is InChI=1S/C14H24N2O/c15-13-4-2-1-3-9(13)8-16-14(17)12-6-10-5-11(10)7-12/h9-13H,1-8,15H2,(H,16,17). The van der Waals surface area contributed by atoms with Crippen LogP contribution >= 0.6 is 0 Å². The predicted molar refractivity (Wildman–Crippen MR) is 67.3 cm³/mol. The van der Waals surface area contributed by atoms with Crippen molar-refractivity contribution in [1.29, 1.82) is 0 Å². The lowest BCUT2D eigenvalue weighted by Gasteiger charge is -2.29. The molecule has 1 amide bonds. The van der Waals surface area contributed by atoms with Gasteiger partial charge in [0, 0.05) is 18.5 Å². The summed E-state index contributed by atoms with van der Waals surface area (Å²) in [6.07, 6.45) is 8.54. The van der Waals surface area contributed by atoms with Gasteiger partial charge in [0.1, 0.15) is 0 Å². The Morgan fingerprint density at radius 3 is 2.53 bits per heavy atom. The van der Waals surface area contributed by atoms with Gasteiger partial charge in [0.2, 0.25) is 5.91 Å². The molecular weight excluding hydrogens is 212 g/mol. The Bertz CT molecular complexity index is 295. The van der Waals surface area contributed by atoms with Gasteiger partial charge in [0.15, 0.2) is 0 Å². The number of fused-ring (bicyclic) bond motifs is 1. The molecule has 0 aromatic heterocycles. The Kier molecular flexibility index (Phi) is 3.12. The fraction of sp³-hybridized carbons (Fsp3) is 0.929. The van der Waals surface area contributed by atoms with Crippen LogP contribution in [0.4, 0.5) is 0 Å². The van der Waals surface area contributed by atoms with Gasteiger partial charge in [-0.1, -0.05) is 12.8 Å². The van der Waals surface area contributed by atoms with Crippen LogP contribution in [0.25, 0.3) is 0 Å². The Balaban J connectivity index is 1.42. The second-order valence-electron chi connectivity index (χ2n) is 6.38. The van der Waals surface area contributed by atoms with Crippen molar-refractivity contribution in [2.45, 2.75) is 51.0 Å². The highest BCUT2D eigenvalue weighted by Gasteiger charge is 2.47. The van der Waals surface area contributed by atoms with E-state index in [-0.39, 0.29) is 0 Å². The molecule has 3 N–H and O–H groups in total. The summed E-state index contributed by atoms with van der Waals surface area (Å²) in [5.41, 5.74) is 6.10. The number of hydrogen-bond acceptors (Lipinski definition) is 2. The van der Waals surface area contributed by atoms with Gasteiger partial charge in [0.25, 0.3) is 0 Å². The SMILES string of the molecule is NC1CCCCC1CNC(=O)C1CC2CC2C1. The molecule has 4 atom stereocenters. The number of amides is 1. The maximum absolute atomic E-state index is 12.0. The van der Waals surface area contributed by atoms with Gasteiger partial charge in [0.05, 0.1) is 0 Å². The smallest absolute Gasteiger partial charge is 0.223 e. The minimum absolute atomic E-state index is 0.301. The molecule has 17 heavy (non-hydrogen) atoms. The van der Waals surface area contributed by atoms with Gasteiger partial charge in [-0.2, -0.15) is 0 Å². The molecule has 4 unspecified atom stereocenters. The van der Waals surface area contributed by atoms with E-state index >= 15 is 0 Å². The Hall–Kier alpha value is -0.570. The molecule has 3 nitrogen and oxygen atoms in total. The molecule has 3 fully saturated rings. The molecule has 0 radical (unpaired) electrons. The number of rotatable bonds is 3. The Morgan fingerprint density at radius 1 is 1.12 bits per heavy atom. The number of carbonyl (C=O) groups is 1. The van der Waals surface area contributed by atoms with Crippen LogP contribution in [0.15, 0.2) is 0 Å². The van der Waals surface area contributed by atoms with E-state index in [9.17, 15) is 4.79 Å². The molecule has 3 aliphatic carbocycles. The summed E-state index contributed by atoms with van der Waals surface area (Å²) >= 11 is 0. The molecule has 0 aromatic carbocycles. The molecular formula is C14H24N2O. The fourth-order valence-electron chi connectivity index (χ4n) is 3.79. The molecule has 0 heterocycles. The third kappa shape index (κ3) is 2.49. The van der Waals surface area contributed by atoms with Crippen LogP contribution in [-0.2, 0) is 4.79 Å². The van der Waals surface area contributed by atoms with Gasteiger partial charge in [-0.05, 0) is 49.9 Å². The Labute approximate surface area is 104 Å². The minimum Gasteiger partial charge on any atom is -0.356 e. The molecule has 0 aliphatic heterocycles. The van der Waals surface area contributed by atoms with E-state index in [4.69, 9.17) is 5.73 Å². The molecule has 96 valence electrons. The largest absolute Gasteiger partial charge is 0.356 e. The van der Waals surface area contributed by atoms with Crippen molar-refractivity contribution in [2.24, 2.45) is 29.4 Å². The number of nitrogens with one attached hydrogen (secondary N) is 1. The van der Waals surface area contributed by atoms with Crippen LogP contribution in [0.1, 0.15) is 44.9 Å². The second-order valence-corrected chi connectivity index (χ2v) is 6.38. The first-order valence-corrected chi connectivity index (χ1v) is 7.27. The van der Waals surface area contributed by atoms with Crippen molar-refractivity contribution < 1.29 is 4.79 Å². The van der Waals surface area contributed by atoms with Crippen LogP contribution in [0.3, 0.4) is 0 Å². The first kappa shape index (κ1) is 11.5. The van der Waals surface area contributed by atoms with E-state index in [1.807, 2.05) is 0 Å². The molecule has 3 rings (SSSR count). The highest BCUT2D eigenvalue weighted by Crippen LogP contribution is 2.54. The predicted octanol–water partition coefficient (Wildman–Crippen LogP) is 1.67. The van der Waals surface area contributed by atoms with Gasteiger partial charge in [-0.25, -0.2) is 0 Å². The summed E-state index contributed by atoms with van der Waals surface area (Å²) in [5.74, 6) is 2.92. The van der Waals surface area contributed by atoms with E-state index in [1.54, 1.807) is 0 Å². The minimum atomic E-state index is 0.301. The van der Waals surface area contributed by atoms with Crippen molar-refractivity contribution in [2.75, 3.05) is 6.54 Å². The van der Waals surface area contributed by atoms with Crippen LogP contribution in [0.5, 0.6) is 0 Å². The fourth-order valence-corrected chi connectivity index (χ4v) is 3.79. The van der Waals surface area contributed by atoms with E-state index in [0.29, 0.717) is 23.8 Å². The lowest BCUT2D eigenvalue weighted by molar-refractivity contribution is -0.125. The highest BCUT2D eigenvalue weighted by atomic mass is 16.1. The molecule has 0 aromatic rings. The van der Waals surface area contributed by atoms with Crippen LogP contribution in [-0.4, -0.2) is 18.5 Å². The van der Waals surface area contributed by atoms with Crippen molar-refractivity contribution in [3.8, 4) is 0 Å². The molecule has 0 bridgehead atoms. The van der Waals surface area contributed by atoms with Crippen molar-refractivity contribution >= 4 is 5.91 Å².